The number of hydrogen-bond acceptors (Lipinski definition) is 3. The van der Waals surface area contributed by atoms with Crippen LogP contribution in [0.3, 0.4) is 0 Å². The van der Waals surface area contributed by atoms with Crippen molar-refractivity contribution in [1.29, 1.82) is 0 Å². The van der Waals surface area contributed by atoms with Crippen LogP contribution in [0.1, 0.15) is 51.9 Å². The summed E-state index contributed by atoms with van der Waals surface area (Å²) >= 11 is 5.37. The van der Waals surface area contributed by atoms with Crippen molar-refractivity contribution in [3.05, 3.63) is 42.5 Å². The van der Waals surface area contributed by atoms with E-state index in [9.17, 15) is 4.79 Å². The molecule has 0 spiro atoms. The maximum absolute atomic E-state index is 10.6. The van der Waals surface area contributed by atoms with Crippen LogP contribution < -0.4 is 10.7 Å². The van der Waals surface area contributed by atoms with E-state index in [0.29, 0.717) is 23.4 Å². The van der Waals surface area contributed by atoms with Gasteiger partial charge in [-0.1, -0.05) is 30.4 Å². The predicted octanol–water partition coefficient (Wildman–Crippen LogP) is 5.21. The molecule has 5 nitrogen and oxygen atoms in total. The highest BCUT2D eigenvalue weighted by atomic mass is 32.1. The third-order valence-corrected chi connectivity index (χ3v) is 6.47. The molecular weight excluding hydrogens is 382 g/mol. The summed E-state index contributed by atoms with van der Waals surface area (Å²) in [5, 5.41) is 17.0. The summed E-state index contributed by atoms with van der Waals surface area (Å²) in [6, 6.07) is 9.85. The maximum atomic E-state index is 10.6. The van der Waals surface area contributed by atoms with Gasteiger partial charge < -0.3 is 10.4 Å². The van der Waals surface area contributed by atoms with E-state index in [-0.39, 0.29) is 6.42 Å². The number of carbonyl (C=O) groups is 1. The van der Waals surface area contributed by atoms with Crippen molar-refractivity contribution < 1.29 is 9.90 Å². The zero-order valence-corrected chi connectivity index (χ0v) is 17.8. The number of hydrazone groups is 1. The highest BCUT2D eigenvalue weighted by Crippen LogP contribution is 2.54. The minimum Gasteiger partial charge on any atom is -0.481 e. The number of thiocarbonyl (C=S) groups is 1. The van der Waals surface area contributed by atoms with Crippen molar-refractivity contribution in [1.82, 2.24) is 5.43 Å². The molecule has 2 saturated carbocycles. The molecule has 2 unspecified atom stereocenters. The van der Waals surface area contributed by atoms with Crippen molar-refractivity contribution in [3.8, 4) is 0 Å². The molecule has 2 aliphatic carbocycles. The number of para-hydroxylation sites is 1. The van der Waals surface area contributed by atoms with Crippen LogP contribution in [0.25, 0.3) is 0 Å². The number of fused-ring (bicyclic) bond motifs is 2. The van der Waals surface area contributed by atoms with Gasteiger partial charge in [-0.15, -0.1) is 0 Å². The van der Waals surface area contributed by atoms with Crippen LogP contribution in [-0.4, -0.2) is 21.9 Å². The average molecular weight is 414 g/mol. The van der Waals surface area contributed by atoms with E-state index in [0.717, 1.165) is 36.1 Å². The standard InChI is InChI=1S/C23H31N3O2S/c1-16(25-26-23(29)24-19-9-5-4-6-10-19)22-18-14-13-17(15-18)20(22)11-7-2-3-8-12-21(27)28/h2,4-7,9-10,17-18,20,22H,3,8,11-15H2,1H3,(H,27,28)(H2,24,26,29)/b7-2+,25-16+/t17?,18?,20-,22+/m0/s1. The van der Waals surface area contributed by atoms with Gasteiger partial charge in [-0.3, -0.25) is 10.2 Å². The fourth-order valence-electron chi connectivity index (χ4n) is 5.04. The van der Waals surface area contributed by atoms with Gasteiger partial charge in [0.1, 0.15) is 0 Å². The number of carboxylic acid groups (broad SMARTS) is 1. The first-order valence-corrected chi connectivity index (χ1v) is 11.0. The van der Waals surface area contributed by atoms with Gasteiger partial charge in [-0.2, -0.15) is 5.10 Å². The van der Waals surface area contributed by atoms with Gasteiger partial charge in [0.25, 0.3) is 0 Å². The Bertz CT molecular complexity index is 763. The molecule has 3 N–H and O–H groups in total. The molecule has 3 rings (SSSR count). The quantitative estimate of drug-likeness (QED) is 0.170. The smallest absolute Gasteiger partial charge is 0.303 e. The summed E-state index contributed by atoms with van der Waals surface area (Å²) in [6.07, 6.45) is 11.2. The van der Waals surface area contributed by atoms with Gasteiger partial charge in [0.05, 0.1) is 0 Å². The predicted molar refractivity (Wildman–Crippen MR) is 122 cm³/mol. The third kappa shape index (κ3) is 6.13. The van der Waals surface area contributed by atoms with Crippen LogP contribution in [0.15, 0.2) is 47.6 Å². The first-order valence-electron chi connectivity index (χ1n) is 10.6. The summed E-state index contributed by atoms with van der Waals surface area (Å²) in [5.41, 5.74) is 5.10. The Hall–Kier alpha value is -2.21. The minimum atomic E-state index is -0.717. The highest BCUT2D eigenvalue weighted by molar-refractivity contribution is 7.80. The number of hydrogen-bond donors (Lipinski definition) is 3. The third-order valence-electron chi connectivity index (χ3n) is 6.27. The number of benzene rings is 1. The van der Waals surface area contributed by atoms with Gasteiger partial charge in [-0.25, -0.2) is 0 Å². The van der Waals surface area contributed by atoms with E-state index in [1.807, 2.05) is 30.3 Å². The second kappa shape index (κ2) is 10.5. The lowest BCUT2D eigenvalue weighted by molar-refractivity contribution is -0.137. The van der Waals surface area contributed by atoms with Gasteiger partial charge in [-0.05, 0) is 87.6 Å². The first kappa shape index (κ1) is 21.5. The molecule has 1 aromatic carbocycles. The molecule has 2 bridgehead atoms. The van der Waals surface area contributed by atoms with E-state index in [1.165, 1.54) is 19.3 Å². The minimum absolute atomic E-state index is 0.245. The Kier molecular flexibility index (Phi) is 7.81. The lowest BCUT2D eigenvalue weighted by Gasteiger charge is -2.30. The van der Waals surface area contributed by atoms with Gasteiger partial charge >= 0.3 is 5.97 Å². The number of nitrogens with one attached hydrogen (secondary N) is 2. The Balaban J connectivity index is 1.52. The number of rotatable bonds is 9. The number of nitrogens with zero attached hydrogens (tertiary/aromatic N) is 1. The topological polar surface area (TPSA) is 73.7 Å². The number of unbranched alkanes of at least 4 members (excludes halogenated alkanes) is 1. The summed E-state index contributed by atoms with van der Waals surface area (Å²) < 4.78 is 0. The van der Waals surface area contributed by atoms with Crippen LogP contribution in [0.4, 0.5) is 5.69 Å². The number of allylic oxidation sites excluding steroid dienone is 2. The van der Waals surface area contributed by atoms with E-state index >= 15 is 0 Å². The molecule has 1 aromatic rings. The van der Waals surface area contributed by atoms with Crippen LogP contribution >= 0.6 is 12.2 Å². The fraction of sp³-hybridized carbons (Fsp3) is 0.522. The van der Waals surface area contributed by atoms with Crippen LogP contribution in [0.2, 0.25) is 0 Å². The molecule has 2 fully saturated rings. The second-order valence-corrected chi connectivity index (χ2v) is 8.61. The maximum Gasteiger partial charge on any atom is 0.303 e. The fourth-order valence-corrected chi connectivity index (χ4v) is 5.20. The zero-order valence-electron chi connectivity index (χ0n) is 17.0. The Labute approximate surface area is 178 Å². The molecule has 6 heteroatoms. The molecule has 2 aliphatic rings. The number of carboxylic acids is 1. The zero-order chi connectivity index (χ0) is 20.6. The van der Waals surface area contributed by atoms with Crippen molar-refractivity contribution in [3.63, 3.8) is 0 Å². The summed E-state index contributed by atoms with van der Waals surface area (Å²) in [5.74, 6) is 1.93. The second-order valence-electron chi connectivity index (χ2n) is 8.20. The van der Waals surface area contributed by atoms with Crippen LogP contribution in [-0.2, 0) is 4.79 Å². The Morgan fingerprint density at radius 1 is 1.24 bits per heavy atom. The first-order chi connectivity index (χ1) is 14.0. The summed E-state index contributed by atoms with van der Waals surface area (Å²) in [7, 11) is 0. The molecule has 0 radical (unpaired) electrons. The Morgan fingerprint density at radius 2 is 2.00 bits per heavy atom. The van der Waals surface area contributed by atoms with E-state index in [2.05, 4.69) is 34.9 Å². The van der Waals surface area contributed by atoms with Gasteiger partial charge in [0, 0.05) is 23.7 Å². The molecule has 0 aliphatic heterocycles. The summed E-state index contributed by atoms with van der Waals surface area (Å²) in [6.45, 7) is 2.12. The van der Waals surface area contributed by atoms with Crippen LogP contribution in [0.5, 0.6) is 0 Å². The Morgan fingerprint density at radius 3 is 2.76 bits per heavy atom. The van der Waals surface area contributed by atoms with Gasteiger partial charge in [0.15, 0.2) is 5.11 Å². The van der Waals surface area contributed by atoms with Crippen molar-refractivity contribution in [2.45, 2.75) is 51.9 Å². The highest BCUT2D eigenvalue weighted by Gasteiger charge is 2.47. The van der Waals surface area contributed by atoms with E-state index in [1.54, 1.807) is 0 Å². The number of aliphatic carboxylic acids is 1. The molecule has 156 valence electrons. The van der Waals surface area contributed by atoms with Crippen molar-refractivity contribution in [2.75, 3.05) is 5.32 Å². The molecule has 0 saturated heterocycles. The SMILES string of the molecule is C/C(=N\NC(=S)Nc1ccccc1)[C@@H]1C2CCC(C2)[C@@H]1C/C=C/CCCC(=O)O. The molecule has 0 amide bonds. The average Bonchev–Trinajstić information content (AvgIpc) is 3.31. The van der Waals surface area contributed by atoms with E-state index < -0.39 is 5.97 Å². The molecule has 0 heterocycles. The number of anilines is 1. The largest absolute Gasteiger partial charge is 0.481 e. The molecule has 0 aromatic heterocycles. The molecular formula is C23H31N3O2S. The molecule has 29 heavy (non-hydrogen) atoms. The lowest BCUT2D eigenvalue weighted by atomic mass is 9.75. The lowest BCUT2D eigenvalue weighted by Crippen LogP contribution is -2.31. The van der Waals surface area contributed by atoms with Crippen LogP contribution in [0, 0.1) is 23.7 Å². The van der Waals surface area contributed by atoms with E-state index in [4.69, 9.17) is 17.3 Å². The monoisotopic (exact) mass is 413 g/mol. The normalized spacial score (nSPS) is 26.0. The molecule has 4 atom stereocenters. The van der Waals surface area contributed by atoms with Gasteiger partial charge in [0.2, 0.25) is 0 Å². The summed E-state index contributed by atoms with van der Waals surface area (Å²) in [4.78, 5) is 10.6. The van der Waals surface area contributed by atoms with Crippen molar-refractivity contribution >= 4 is 34.7 Å². The van der Waals surface area contributed by atoms with Crippen molar-refractivity contribution in [2.24, 2.45) is 28.8 Å².